The Morgan fingerprint density at radius 3 is 2.35 bits per heavy atom. The van der Waals surface area contributed by atoms with E-state index < -0.39 is 0 Å². The Labute approximate surface area is 116 Å². The Hall–Kier alpha value is -0.240. The van der Waals surface area contributed by atoms with E-state index in [1.54, 1.807) is 0 Å². The van der Waals surface area contributed by atoms with Gasteiger partial charge in [-0.1, -0.05) is 30.3 Å². The topological polar surface area (TPSA) is 3.24 Å². The van der Waals surface area contributed by atoms with Gasteiger partial charge in [0.05, 0.1) is 0 Å². The van der Waals surface area contributed by atoms with Gasteiger partial charge in [0.15, 0.2) is 0 Å². The van der Waals surface area contributed by atoms with E-state index in [4.69, 9.17) is 11.6 Å². The molecule has 96 valence electrons. The second kappa shape index (κ2) is 7.25. The van der Waals surface area contributed by atoms with Crippen molar-refractivity contribution in [3.05, 3.63) is 35.9 Å². The van der Waals surface area contributed by atoms with Crippen LogP contribution in [0.4, 0.5) is 0 Å². The summed E-state index contributed by atoms with van der Waals surface area (Å²) < 4.78 is 0. The van der Waals surface area contributed by atoms with Crippen LogP contribution in [0, 0.1) is 0 Å². The van der Waals surface area contributed by atoms with Gasteiger partial charge in [-0.2, -0.15) is 0 Å². The number of hydrogen-bond donors (Lipinski definition) is 0. The zero-order chi connectivity index (χ0) is 11.4. The van der Waals surface area contributed by atoms with Gasteiger partial charge < -0.3 is 0 Å². The number of rotatable bonds is 3. The molecule has 1 aromatic rings. The average Bonchev–Trinajstić information content (AvgIpc) is 2.39. The minimum atomic E-state index is 0. The number of likely N-dealkylation sites (tertiary alicyclic amines) is 1. The highest BCUT2D eigenvalue weighted by Crippen LogP contribution is 2.28. The molecule has 1 nitrogen and oxygen atoms in total. The standard InChI is InChI=1S/C14H20ClN.ClH/c1-12(11-15)16-9-7-14(8-10-16)13-5-3-2-4-6-13;/h2-6,12,14H,7-11H2,1H3;1H. The SMILES string of the molecule is CC(CCl)N1CCC(c2ccccc2)CC1.Cl. The predicted molar refractivity (Wildman–Crippen MR) is 77.4 cm³/mol. The second-order valence-corrected chi connectivity index (χ2v) is 5.03. The van der Waals surface area contributed by atoms with Crippen LogP contribution in [0.5, 0.6) is 0 Å². The Balaban J connectivity index is 0.00000144. The van der Waals surface area contributed by atoms with Crippen molar-refractivity contribution >= 4 is 24.0 Å². The Kier molecular flexibility index (Phi) is 6.32. The Morgan fingerprint density at radius 1 is 1.24 bits per heavy atom. The van der Waals surface area contributed by atoms with Gasteiger partial charge in [-0.05, 0) is 44.3 Å². The van der Waals surface area contributed by atoms with Crippen LogP contribution in [0.2, 0.25) is 0 Å². The summed E-state index contributed by atoms with van der Waals surface area (Å²) in [6, 6.07) is 11.4. The summed E-state index contributed by atoms with van der Waals surface area (Å²) in [6.07, 6.45) is 2.54. The summed E-state index contributed by atoms with van der Waals surface area (Å²) in [4.78, 5) is 2.51. The van der Waals surface area contributed by atoms with Gasteiger partial charge in [0.25, 0.3) is 0 Å². The number of benzene rings is 1. The maximum absolute atomic E-state index is 5.90. The molecule has 1 aliphatic rings. The molecule has 2 rings (SSSR count). The summed E-state index contributed by atoms with van der Waals surface area (Å²) in [6.45, 7) is 4.59. The van der Waals surface area contributed by atoms with Crippen LogP contribution in [0.1, 0.15) is 31.2 Å². The minimum absolute atomic E-state index is 0. The van der Waals surface area contributed by atoms with Crippen molar-refractivity contribution in [3.63, 3.8) is 0 Å². The fraction of sp³-hybridized carbons (Fsp3) is 0.571. The van der Waals surface area contributed by atoms with Crippen molar-refractivity contribution in [2.75, 3.05) is 19.0 Å². The van der Waals surface area contributed by atoms with Crippen LogP contribution in [-0.2, 0) is 0 Å². The van der Waals surface area contributed by atoms with Gasteiger partial charge in [-0.15, -0.1) is 24.0 Å². The molecule has 3 heteroatoms. The minimum Gasteiger partial charge on any atom is -0.299 e. The van der Waals surface area contributed by atoms with E-state index in [1.807, 2.05) is 0 Å². The number of piperidine rings is 1. The first-order valence-electron chi connectivity index (χ1n) is 6.16. The zero-order valence-corrected chi connectivity index (χ0v) is 11.9. The number of halogens is 2. The molecule has 0 saturated carbocycles. The van der Waals surface area contributed by atoms with Gasteiger partial charge in [0, 0.05) is 11.9 Å². The molecule has 1 fully saturated rings. The molecule has 0 amide bonds. The second-order valence-electron chi connectivity index (χ2n) is 4.72. The average molecular weight is 274 g/mol. The van der Waals surface area contributed by atoms with E-state index in [2.05, 4.69) is 42.2 Å². The van der Waals surface area contributed by atoms with Gasteiger partial charge in [0.1, 0.15) is 0 Å². The Bertz CT molecular complexity index is 307. The first-order chi connectivity index (χ1) is 7.81. The third kappa shape index (κ3) is 3.87. The molecule has 0 spiro atoms. The number of nitrogens with zero attached hydrogens (tertiary/aromatic N) is 1. The van der Waals surface area contributed by atoms with Crippen LogP contribution in [0.3, 0.4) is 0 Å². The predicted octanol–water partition coefficient (Wildman–Crippen LogP) is 3.92. The van der Waals surface area contributed by atoms with Gasteiger partial charge in [-0.3, -0.25) is 4.90 Å². The zero-order valence-electron chi connectivity index (χ0n) is 10.3. The lowest BCUT2D eigenvalue weighted by Gasteiger charge is -2.35. The van der Waals surface area contributed by atoms with Crippen molar-refractivity contribution in [1.82, 2.24) is 4.90 Å². The van der Waals surface area contributed by atoms with Crippen LogP contribution in [-0.4, -0.2) is 29.9 Å². The van der Waals surface area contributed by atoms with Crippen molar-refractivity contribution in [2.45, 2.75) is 31.7 Å². The summed E-state index contributed by atoms with van der Waals surface area (Å²) in [5, 5.41) is 0. The quantitative estimate of drug-likeness (QED) is 0.755. The molecule has 1 heterocycles. The molecule has 1 aromatic carbocycles. The lowest BCUT2D eigenvalue weighted by molar-refractivity contribution is 0.173. The summed E-state index contributed by atoms with van der Waals surface area (Å²) >= 11 is 5.90. The van der Waals surface area contributed by atoms with Gasteiger partial charge >= 0.3 is 0 Å². The van der Waals surface area contributed by atoms with E-state index in [0.717, 1.165) is 11.8 Å². The van der Waals surface area contributed by atoms with Crippen molar-refractivity contribution in [1.29, 1.82) is 0 Å². The van der Waals surface area contributed by atoms with E-state index in [1.165, 1.54) is 31.5 Å². The molecule has 17 heavy (non-hydrogen) atoms. The summed E-state index contributed by atoms with van der Waals surface area (Å²) in [5.41, 5.74) is 1.50. The van der Waals surface area contributed by atoms with E-state index in [-0.39, 0.29) is 12.4 Å². The van der Waals surface area contributed by atoms with Crippen LogP contribution < -0.4 is 0 Å². The monoisotopic (exact) mass is 273 g/mol. The summed E-state index contributed by atoms with van der Waals surface area (Å²) in [5.74, 6) is 1.50. The fourth-order valence-electron chi connectivity index (χ4n) is 2.50. The molecular formula is C14H21Cl2N. The highest BCUT2D eigenvalue weighted by atomic mass is 35.5. The van der Waals surface area contributed by atoms with Crippen LogP contribution >= 0.6 is 24.0 Å². The molecule has 1 aliphatic heterocycles. The van der Waals surface area contributed by atoms with E-state index in [0.29, 0.717) is 6.04 Å². The first-order valence-corrected chi connectivity index (χ1v) is 6.69. The van der Waals surface area contributed by atoms with Crippen LogP contribution in [0.15, 0.2) is 30.3 Å². The van der Waals surface area contributed by atoms with Crippen LogP contribution in [0.25, 0.3) is 0 Å². The van der Waals surface area contributed by atoms with Crippen molar-refractivity contribution in [2.24, 2.45) is 0 Å². The molecule has 0 radical (unpaired) electrons. The van der Waals surface area contributed by atoms with Gasteiger partial charge in [-0.25, -0.2) is 0 Å². The molecule has 0 aromatic heterocycles. The molecule has 1 saturated heterocycles. The van der Waals surface area contributed by atoms with E-state index >= 15 is 0 Å². The molecule has 0 bridgehead atoms. The normalized spacial score (nSPS) is 19.6. The lowest BCUT2D eigenvalue weighted by Crippen LogP contribution is -2.40. The first kappa shape index (κ1) is 14.8. The Morgan fingerprint density at radius 2 is 1.82 bits per heavy atom. The number of hydrogen-bond acceptors (Lipinski definition) is 1. The van der Waals surface area contributed by atoms with E-state index in [9.17, 15) is 0 Å². The maximum atomic E-state index is 5.90. The highest BCUT2D eigenvalue weighted by molar-refractivity contribution is 6.18. The summed E-state index contributed by atoms with van der Waals surface area (Å²) in [7, 11) is 0. The molecule has 1 unspecified atom stereocenters. The van der Waals surface area contributed by atoms with Gasteiger partial charge in [0.2, 0.25) is 0 Å². The third-order valence-corrected chi connectivity index (χ3v) is 4.09. The molecule has 1 atom stereocenters. The van der Waals surface area contributed by atoms with Crippen molar-refractivity contribution in [3.8, 4) is 0 Å². The lowest BCUT2D eigenvalue weighted by atomic mass is 9.89. The molecular weight excluding hydrogens is 253 g/mol. The third-order valence-electron chi connectivity index (χ3n) is 3.65. The molecule has 0 N–H and O–H groups in total. The largest absolute Gasteiger partial charge is 0.299 e. The smallest absolute Gasteiger partial charge is 0.0376 e. The fourth-order valence-corrected chi connectivity index (χ4v) is 2.69. The highest BCUT2D eigenvalue weighted by Gasteiger charge is 2.22. The molecule has 0 aliphatic carbocycles. The maximum Gasteiger partial charge on any atom is 0.0376 e. The number of alkyl halides is 1. The van der Waals surface area contributed by atoms with Crippen molar-refractivity contribution < 1.29 is 0 Å².